The van der Waals surface area contributed by atoms with Crippen molar-refractivity contribution in [1.82, 2.24) is 10.0 Å². The Hall–Kier alpha value is -2.19. The molecule has 3 N–H and O–H groups in total. The molecule has 7 nitrogen and oxygen atoms in total. The largest absolute Gasteiger partial charge is 0.481 e. The summed E-state index contributed by atoms with van der Waals surface area (Å²) >= 11 is 0. The number of aliphatic carboxylic acids is 1. The van der Waals surface area contributed by atoms with Gasteiger partial charge in [-0.3, -0.25) is 9.59 Å². The van der Waals surface area contributed by atoms with Crippen LogP contribution < -0.4 is 10.0 Å². The number of carboxylic acids is 1. The van der Waals surface area contributed by atoms with Gasteiger partial charge < -0.3 is 10.4 Å². The fourth-order valence-electron chi connectivity index (χ4n) is 1.58. The van der Waals surface area contributed by atoms with Gasteiger partial charge in [0.25, 0.3) is 5.91 Å². The minimum Gasteiger partial charge on any atom is -0.481 e. The molecule has 0 bridgehead atoms. The van der Waals surface area contributed by atoms with Crippen LogP contribution in [0.4, 0.5) is 0 Å². The van der Waals surface area contributed by atoms with Crippen LogP contribution in [0.2, 0.25) is 0 Å². The number of amides is 1. The third-order valence-electron chi connectivity index (χ3n) is 2.70. The zero-order valence-corrected chi connectivity index (χ0v) is 12.7. The van der Waals surface area contributed by atoms with Crippen LogP contribution >= 0.6 is 0 Å². The zero-order chi connectivity index (χ0) is 16.6. The molecule has 1 aromatic rings. The van der Waals surface area contributed by atoms with E-state index in [1.165, 1.54) is 30.3 Å². The summed E-state index contributed by atoms with van der Waals surface area (Å²) in [5.41, 5.74) is 0.304. The van der Waals surface area contributed by atoms with Crippen LogP contribution in [0.15, 0.2) is 41.8 Å². The Morgan fingerprint density at radius 2 is 1.86 bits per heavy atom. The highest BCUT2D eigenvalue weighted by Gasteiger charge is 2.13. The van der Waals surface area contributed by atoms with Crippen molar-refractivity contribution in [2.24, 2.45) is 0 Å². The first kappa shape index (κ1) is 17.9. The van der Waals surface area contributed by atoms with Gasteiger partial charge in [0.05, 0.1) is 4.90 Å². The molecule has 0 saturated heterocycles. The maximum atomic E-state index is 11.8. The summed E-state index contributed by atoms with van der Waals surface area (Å²) in [6.07, 6.45) is 1.74. The number of hydrogen-bond acceptors (Lipinski definition) is 4. The number of rotatable bonds is 9. The highest BCUT2D eigenvalue weighted by Crippen LogP contribution is 2.10. The number of hydrogen-bond donors (Lipinski definition) is 3. The lowest BCUT2D eigenvalue weighted by molar-refractivity contribution is -0.137. The second-order valence-electron chi connectivity index (χ2n) is 4.42. The molecule has 8 heteroatoms. The summed E-state index contributed by atoms with van der Waals surface area (Å²) in [5.74, 6) is -1.30. The molecule has 0 atom stereocenters. The Kier molecular flexibility index (Phi) is 6.74. The molecule has 0 radical (unpaired) electrons. The Balaban J connectivity index is 2.62. The van der Waals surface area contributed by atoms with Gasteiger partial charge in [-0.05, 0) is 30.7 Å². The zero-order valence-electron chi connectivity index (χ0n) is 11.9. The molecule has 22 heavy (non-hydrogen) atoms. The molecule has 1 rings (SSSR count). The minimum absolute atomic E-state index is 0.0214. The van der Waals surface area contributed by atoms with Crippen LogP contribution in [0, 0.1) is 0 Å². The lowest BCUT2D eigenvalue weighted by Crippen LogP contribution is -2.25. The molecule has 0 aliphatic carbocycles. The van der Waals surface area contributed by atoms with Crippen LogP contribution in [-0.2, 0) is 14.8 Å². The smallest absolute Gasteiger partial charge is 0.303 e. The SMILES string of the molecule is C=CCNS(=O)(=O)c1ccc(C(=O)NCCCC(=O)O)cc1. The van der Waals surface area contributed by atoms with Crippen LogP contribution in [-0.4, -0.2) is 38.5 Å². The fourth-order valence-corrected chi connectivity index (χ4v) is 2.58. The predicted octanol–water partition coefficient (Wildman–Crippen LogP) is 0.745. The fraction of sp³-hybridized carbons (Fsp3) is 0.286. The molecule has 0 spiro atoms. The molecule has 120 valence electrons. The molecule has 1 amide bonds. The topological polar surface area (TPSA) is 113 Å². The Bertz CT molecular complexity index is 638. The standard InChI is InChI=1S/C14H18N2O5S/c1-2-9-16-22(20,21)12-7-5-11(6-8-12)14(19)15-10-3-4-13(17)18/h2,5-8,16H,1,3-4,9-10H2,(H,15,19)(H,17,18). The Morgan fingerprint density at radius 3 is 2.41 bits per heavy atom. The van der Waals surface area contributed by atoms with Crippen LogP contribution in [0.25, 0.3) is 0 Å². The first-order chi connectivity index (χ1) is 10.4. The highest BCUT2D eigenvalue weighted by molar-refractivity contribution is 7.89. The molecule has 1 aromatic carbocycles. The monoisotopic (exact) mass is 326 g/mol. The lowest BCUT2D eigenvalue weighted by atomic mass is 10.2. The molecule has 0 fully saturated rings. The number of carbonyl (C=O) groups excluding carboxylic acids is 1. The Labute approximate surface area is 129 Å². The second-order valence-corrected chi connectivity index (χ2v) is 6.19. The van der Waals surface area contributed by atoms with Gasteiger partial charge in [-0.2, -0.15) is 0 Å². The van der Waals surface area contributed by atoms with Gasteiger partial charge >= 0.3 is 5.97 Å². The van der Waals surface area contributed by atoms with Gasteiger partial charge in [-0.25, -0.2) is 13.1 Å². The van der Waals surface area contributed by atoms with E-state index in [-0.39, 0.29) is 30.3 Å². The van der Waals surface area contributed by atoms with E-state index < -0.39 is 16.0 Å². The van der Waals surface area contributed by atoms with E-state index in [0.717, 1.165) is 0 Å². The van der Waals surface area contributed by atoms with Crippen molar-refractivity contribution in [2.75, 3.05) is 13.1 Å². The predicted molar refractivity (Wildman–Crippen MR) is 81.0 cm³/mol. The van der Waals surface area contributed by atoms with Gasteiger partial charge in [0.2, 0.25) is 10.0 Å². The molecule has 0 aliphatic rings. The maximum Gasteiger partial charge on any atom is 0.303 e. The normalized spacial score (nSPS) is 10.9. The van der Waals surface area contributed by atoms with Crippen molar-refractivity contribution in [2.45, 2.75) is 17.7 Å². The average Bonchev–Trinajstić information content (AvgIpc) is 2.49. The van der Waals surface area contributed by atoms with Crippen LogP contribution in [0.5, 0.6) is 0 Å². The third kappa shape index (κ3) is 5.66. The number of benzene rings is 1. The van der Waals surface area contributed by atoms with E-state index in [2.05, 4.69) is 16.6 Å². The number of carboxylic acid groups (broad SMARTS) is 1. The van der Waals surface area contributed by atoms with E-state index in [9.17, 15) is 18.0 Å². The van der Waals surface area contributed by atoms with Crippen molar-refractivity contribution in [1.29, 1.82) is 0 Å². The van der Waals surface area contributed by atoms with Gasteiger partial charge in [0.1, 0.15) is 0 Å². The van der Waals surface area contributed by atoms with Crippen LogP contribution in [0.1, 0.15) is 23.2 Å². The molecular formula is C14H18N2O5S. The molecular weight excluding hydrogens is 308 g/mol. The van der Waals surface area contributed by atoms with E-state index in [1.807, 2.05) is 0 Å². The highest BCUT2D eigenvalue weighted by atomic mass is 32.2. The van der Waals surface area contributed by atoms with Crippen molar-refractivity contribution >= 4 is 21.9 Å². The van der Waals surface area contributed by atoms with Gasteiger partial charge in [0, 0.05) is 25.1 Å². The molecule has 0 aromatic heterocycles. The second kappa shape index (κ2) is 8.30. The van der Waals surface area contributed by atoms with Crippen LogP contribution in [0.3, 0.4) is 0 Å². The molecule has 0 heterocycles. The summed E-state index contributed by atoms with van der Waals surface area (Å²) in [6, 6.07) is 5.46. The maximum absolute atomic E-state index is 11.8. The van der Waals surface area contributed by atoms with Gasteiger partial charge in [-0.1, -0.05) is 6.08 Å². The average molecular weight is 326 g/mol. The number of sulfonamides is 1. The molecule has 0 unspecified atom stereocenters. The van der Waals surface area contributed by atoms with Gasteiger partial charge in [0.15, 0.2) is 0 Å². The number of nitrogens with one attached hydrogen (secondary N) is 2. The van der Waals surface area contributed by atoms with E-state index in [4.69, 9.17) is 5.11 Å². The van der Waals surface area contributed by atoms with Gasteiger partial charge in [-0.15, -0.1) is 6.58 Å². The first-order valence-electron chi connectivity index (χ1n) is 6.57. The summed E-state index contributed by atoms with van der Waals surface area (Å²) in [7, 11) is -3.61. The Morgan fingerprint density at radius 1 is 1.23 bits per heavy atom. The molecule has 0 aliphatic heterocycles. The molecule has 0 saturated carbocycles. The lowest BCUT2D eigenvalue weighted by Gasteiger charge is -2.07. The van der Waals surface area contributed by atoms with Crippen molar-refractivity contribution < 1.29 is 23.1 Å². The first-order valence-corrected chi connectivity index (χ1v) is 8.06. The quantitative estimate of drug-likeness (QED) is 0.458. The summed E-state index contributed by atoms with van der Waals surface area (Å²) in [5, 5.41) is 11.0. The minimum atomic E-state index is -3.61. The van der Waals surface area contributed by atoms with E-state index in [1.54, 1.807) is 0 Å². The van der Waals surface area contributed by atoms with Crippen molar-refractivity contribution in [3.63, 3.8) is 0 Å². The summed E-state index contributed by atoms with van der Waals surface area (Å²) in [4.78, 5) is 22.2. The third-order valence-corrected chi connectivity index (χ3v) is 4.14. The number of carbonyl (C=O) groups is 2. The summed E-state index contributed by atoms with van der Waals surface area (Å²) < 4.78 is 26.0. The van der Waals surface area contributed by atoms with Crippen molar-refractivity contribution in [3.05, 3.63) is 42.5 Å². The van der Waals surface area contributed by atoms with E-state index in [0.29, 0.717) is 12.0 Å². The van der Waals surface area contributed by atoms with Crippen molar-refractivity contribution in [3.8, 4) is 0 Å². The summed E-state index contributed by atoms with van der Waals surface area (Å²) in [6.45, 7) is 3.79. The van der Waals surface area contributed by atoms with E-state index >= 15 is 0 Å².